The average Bonchev–Trinajstić information content (AvgIpc) is 2.96. The summed E-state index contributed by atoms with van der Waals surface area (Å²) in [6, 6.07) is 0. The molecule has 24 heavy (non-hydrogen) atoms. The van der Waals surface area contributed by atoms with Crippen LogP contribution in [0.5, 0.6) is 0 Å². The van der Waals surface area contributed by atoms with Gasteiger partial charge in [-0.3, -0.25) is 14.2 Å². The van der Waals surface area contributed by atoms with Gasteiger partial charge in [0.15, 0.2) is 5.78 Å². The molecule has 0 atom stereocenters. The van der Waals surface area contributed by atoms with Crippen LogP contribution < -0.4 is 0 Å². The third-order valence-electron chi connectivity index (χ3n) is 4.48. The number of aryl methyl sites for hydroxylation is 4. The van der Waals surface area contributed by atoms with E-state index >= 15 is 0 Å². The minimum absolute atomic E-state index is 0.152. The molecular formula is C19H24N4O. The molecule has 1 aliphatic rings. The Morgan fingerprint density at radius 1 is 0.958 bits per heavy atom. The molecule has 0 unspecified atom stereocenters. The number of nitrogens with zero attached hydrogens (tertiary/aromatic N) is 4. The number of hydrogen-bond acceptors (Lipinski definition) is 3. The molecule has 3 rings (SSSR count). The second kappa shape index (κ2) is 6.23. The fourth-order valence-corrected chi connectivity index (χ4v) is 3.36. The second-order valence-corrected chi connectivity index (χ2v) is 6.87. The van der Waals surface area contributed by atoms with Gasteiger partial charge in [0, 0.05) is 48.8 Å². The van der Waals surface area contributed by atoms with E-state index in [4.69, 9.17) is 0 Å². The number of ketones is 1. The monoisotopic (exact) mass is 324 g/mol. The molecule has 5 nitrogen and oxygen atoms in total. The lowest BCUT2D eigenvalue weighted by Gasteiger charge is -2.22. The molecule has 2 heterocycles. The first kappa shape index (κ1) is 16.4. The number of allylic oxidation sites excluding steroid dienone is 2. The van der Waals surface area contributed by atoms with Gasteiger partial charge in [0.25, 0.3) is 0 Å². The highest BCUT2D eigenvalue weighted by Crippen LogP contribution is 2.32. The first-order valence-corrected chi connectivity index (χ1v) is 8.30. The Morgan fingerprint density at radius 3 is 1.71 bits per heavy atom. The quantitative estimate of drug-likeness (QED) is 0.797. The molecule has 0 radical (unpaired) electrons. The Labute approximate surface area is 142 Å². The SMILES string of the molecule is Cc1nn(C)cc1/C=C1\CC(C)C/C(=C\c2cn(C)nc2C)C1=O. The lowest BCUT2D eigenvalue weighted by molar-refractivity contribution is -0.113. The van der Waals surface area contributed by atoms with Gasteiger partial charge in [-0.2, -0.15) is 10.2 Å². The zero-order valence-corrected chi connectivity index (χ0v) is 15.0. The van der Waals surface area contributed by atoms with E-state index in [0.29, 0.717) is 5.92 Å². The van der Waals surface area contributed by atoms with Crippen LogP contribution in [0.1, 0.15) is 42.3 Å². The van der Waals surface area contributed by atoms with Crippen LogP contribution in [0.2, 0.25) is 0 Å². The summed E-state index contributed by atoms with van der Waals surface area (Å²) < 4.78 is 3.57. The molecule has 2 aromatic heterocycles. The first-order chi connectivity index (χ1) is 11.3. The van der Waals surface area contributed by atoms with Crippen molar-refractivity contribution in [2.24, 2.45) is 20.0 Å². The molecule has 0 saturated heterocycles. The van der Waals surface area contributed by atoms with Crippen LogP contribution in [0.15, 0.2) is 23.5 Å². The Morgan fingerprint density at radius 2 is 1.38 bits per heavy atom. The summed E-state index contributed by atoms with van der Waals surface area (Å²) in [7, 11) is 3.80. The normalized spacial score (nSPS) is 21.9. The van der Waals surface area contributed by atoms with Crippen LogP contribution in [0.4, 0.5) is 0 Å². The minimum atomic E-state index is 0.152. The van der Waals surface area contributed by atoms with E-state index in [1.54, 1.807) is 9.36 Å². The van der Waals surface area contributed by atoms with Crippen LogP contribution >= 0.6 is 0 Å². The van der Waals surface area contributed by atoms with Crippen molar-refractivity contribution in [3.05, 3.63) is 46.1 Å². The van der Waals surface area contributed by atoms with Crippen molar-refractivity contribution in [1.29, 1.82) is 0 Å². The van der Waals surface area contributed by atoms with Crippen LogP contribution in [0.3, 0.4) is 0 Å². The topological polar surface area (TPSA) is 52.7 Å². The number of aromatic nitrogens is 4. The fourth-order valence-electron chi connectivity index (χ4n) is 3.36. The van der Waals surface area contributed by atoms with E-state index in [1.165, 1.54) is 0 Å². The Hall–Kier alpha value is -2.43. The van der Waals surface area contributed by atoms with Gasteiger partial charge in [-0.15, -0.1) is 0 Å². The average molecular weight is 324 g/mol. The minimum Gasteiger partial charge on any atom is -0.289 e. The van der Waals surface area contributed by atoms with E-state index in [-0.39, 0.29) is 5.78 Å². The van der Waals surface area contributed by atoms with Crippen molar-refractivity contribution in [3.63, 3.8) is 0 Å². The lowest BCUT2D eigenvalue weighted by Crippen LogP contribution is -2.18. The molecule has 2 aromatic rings. The van der Waals surface area contributed by atoms with Crippen molar-refractivity contribution < 1.29 is 4.79 Å². The maximum Gasteiger partial charge on any atom is 0.185 e. The van der Waals surface area contributed by atoms with Crippen LogP contribution in [-0.4, -0.2) is 25.3 Å². The lowest BCUT2D eigenvalue weighted by atomic mass is 9.81. The molecule has 0 aliphatic heterocycles. The van der Waals surface area contributed by atoms with E-state index < -0.39 is 0 Å². The van der Waals surface area contributed by atoms with Crippen molar-refractivity contribution in [2.45, 2.75) is 33.6 Å². The van der Waals surface area contributed by atoms with Crippen molar-refractivity contribution in [2.75, 3.05) is 0 Å². The number of hydrogen-bond donors (Lipinski definition) is 0. The highest BCUT2D eigenvalue weighted by Gasteiger charge is 2.26. The third kappa shape index (κ3) is 3.25. The largest absolute Gasteiger partial charge is 0.289 e. The molecule has 0 spiro atoms. The first-order valence-electron chi connectivity index (χ1n) is 8.30. The van der Waals surface area contributed by atoms with E-state index in [1.807, 2.05) is 52.5 Å². The van der Waals surface area contributed by atoms with Gasteiger partial charge in [0.05, 0.1) is 11.4 Å². The molecule has 1 fully saturated rings. The van der Waals surface area contributed by atoms with Crippen LogP contribution in [0, 0.1) is 19.8 Å². The van der Waals surface area contributed by atoms with Crippen molar-refractivity contribution >= 4 is 17.9 Å². The summed E-state index contributed by atoms with van der Waals surface area (Å²) in [5.74, 6) is 0.605. The summed E-state index contributed by atoms with van der Waals surface area (Å²) in [6.45, 7) is 6.14. The van der Waals surface area contributed by atoms with Crippen LogP contribution in [-0.2, 0) is 18.9 Å². The van der Waals surface area contributed by atoms with Crippen molar-refractivity contribution in [3.8, 4) is 0 Å². The molecule has 0 bridgehead atoms. The molecule has 126 valence electrons. The van der Waals surface area contributed by atoms with E-state index in [2.05, 4.69) is 17.1 Å². The molecule has 0 N–H and O–H groups in total. The van der Waals surface area contributed by atoms with E-state index in [9.17, 15) is 4.79 Å². The standard InChI is InChI=1S/C19H24N4O/c1-12-6-15(8-17-10-22(4)20-13(17)2)19(24)16(7-12)9-18-11-23(5)21-14(18)3/h8-12H,6-7H2,1-5H3/b15-8+,16-9+. The van der Waals surface area contributed by atoms with Gasteiger partial charge < -0.3 is 0 Å². The van der Waals surface area contributed by atoms with Gasteiger partial charge in [-0.25, -0.2) is 0 Å². The Kier molecular flexibility index (Phi) is 4.26. The molecule has 5 heteroatoms. The maximum atomic E-state index is 12.9. The summed E-state index contributed by atoms with van der Waals surface area (Å²) >= 11 is 0. The number of carbonyl (C=O) groups is 1. The van der Waals surface area contributed by atoms with E-state index in [0.717, 1.165) is 46.5 Å². The smallest absolute Gasteiger partial charge is 0.185 e. The fraction of sp³-hybridized carbons (Fsp3) is 0.421. The number of rotatable bonds is 2. The van der Waals surface area contributed by atoms with Gasteiger partial charge in [0.2, 0.25) is 0 Å². The van der Waals surface area contributed by atoms with Crippen LogP contribution in [0.25, 0.3) is 12.2 Å². The molecule has 1 aliphatic carbocycles. The van der Waals surface area contributed by atoms with Gasteiger partial charge in [-0.1, -0.05) is 6.92 Å². The number of carbonyl (C=O) groups excluding carboxylic acids is 1. The predicted octanol–water partition coefficient (Wildman–Crippen LogP) is 3.24. The predicted molar refractivity (Wildman–Crippen MR) is 95.2 cm³/mol. The Balaban J connectivity index is 1.97. The van der Waals surface area contributed by atoms with Gasteiger partial charge >= 0.3 is 0 Å². The Bertz CT molecular complexity index is 783. The summed E-state index contributed by atoms with van der Waals surface area (Å²) in [6.07, 6.45) is 9.56. The molecular weight excluding hydrogens is 300 g/mol. The summed E-state index contributed by atoms with van der Waals surface area (Å²) in [4.78, 5) is 12.9. The second-order valence-electron chi connectivity index (χ2n) is 6.87. The van der Waals surface area contributed by atoms with Crippen molar-refractivity contribution in [1.82, 2.24) is 19.6 Å². The zero-order valence-electron chi connectivity index (χ0n) is 15.0. The van der Waals surface area contributed by atoms with Gasteiger partial charge in [-0.05, 0) is 44.8 Å². The summed E-state index contributed by atoms with van der Waals surface area (Å²) in [5, 5.41) is 8.71. The highest BCUT2D eigenvalue weighted by atomic mass is 16.1. The highest BCUT2D eigenvalue weighted by molar-refractivity contribution is 6.14. The molecule has 0 aromatic carbocycles. The zero-order chi connectivity index (χ0) is 17.4. The van der Waals surface area contributed by atoms with Gasteiger partial charge in [0.1, 0.15) is 0 Å². The summed E-state index contributed by atoms with van der Waals surface area (Å²) in [5.41, 5.74) is 5.68. The third-order valence-corrected chi connectivity index (χ3v) is 4.48. The maximum absolute atomic E-state index is 12.9. The molecule has 0 amide bonds. The number of Topliss-reactive ketones (excluding diaryl/α,β-unsaturated/α-hetero) is 1. The molecule has 1 saturated carbocycles.